The quantitative estimate of drug-likeness (QED) is 0.416. The van der Waals surface area contributed by atoms with Crippen LogP contribution in [0.5, 0.6) is 0 Å². The summed E-state index contributed by atoms with van der Waals surface area (Å²) >= 11 is 0. The van der Waals surface area contributed by atoms with Crippen LogP contribution >= 0.6 is 0 Å². The molecule has 9 atom stereocenters. The molecule has 4 aliphatic carbocycles. The molecule has 4 aliphatic rings. The van der Waals surface area contributed by atoms with E-state index >= 15 is 0 Å². The fourth-order valence-corrected chi connectivity index (χ4v) is 9.08. The highest BCUT2D eigenvalue weighted by Crippen LogP contribution is 2.68. The van der Waals surface area contributed by atoms with E-state index in [0.717, 1.165) is 48.9 Å². The number of rotatable bonds is 6. The van der Waals surface area contributed by atoms with Crippen molar-refractivity contribution in [2.24, 2.45) is 46.3 Å². The zero-order chi connectivity index (χ0) is 23.5. The van der Waals surface area contributed by atoms with Gasteiger partial charge in [0.05, 0.1) is 11.2 Å². The topological polar surface area (TPSA) is 40.5 Å². The zero-order valence-corrected chi connectivity index (χ0v) is 22.2. The Morgan fingerprint density at radius 1 is 1.06 bits per heavy atom. The zero-order valence-electron chi connectivity index (χ0n) is 22.2. The summed E-state index contributed by atoms with van der Waals surface area (Å²) in [6.07, 6.45) is 15.8. The first-order valence-corrected chi connectivity index (χ1v) is 14.0. The number of fused-ring (bicyclic) bond motifs is 5. The van der Waals surface area contributed by atoms with Gasteiger partial charge in [-0.3, -0.25) is 0 Å². The molecular formula is C30H52O2. The van der Waals surface area contributed by atoms with Crippen LogP contribution in [-0.2, 0) is 0 Å². The fourth-order valence-electron chi connectivity index (χ4n) is 9.08. The Morgan fingerprint density at radius 2 is 1.78 bits per heavy atom. The van der Waals surface area contributed by atoms with Crippen molar-refractivity contribution in [3.8, 4) is 0 Å². The summed E-state index contributed by atoms with van der Waals surface area (Å²) in [7, 11) is 0. The smallest absolute Gasteiger partial charge is 0.0657 e. The molecule has 0 aliphatic heterocycles. The van der Waals surface area contributed by atoms with Gasteiger partial charge in [0, 0.05) is 0 Å². The molecule has 2 heteroatoms. The molecule has 0 heterocycles. The van der Waals surface area contributed by atoms with E-state index in [9.17, 15) is 10.2 Å². The van der Waals surface area contributed by atoms with E-state index < -0.39 is 11.2 Å². The third kappa shape index (κ3) is 4.04. The lowest BCUT2D eigenvalue weighted by molar-refractivity contribution is -0.0733. The van der Waals surface area contributed by atoms with Crippen molar-refractivity contribution < 1.29 is 10.2 Å². The van der Waals surface area contributed by atoms with Crippen LogP contribution in [0.25, 0.3) is 0 Å². The molecule has 0 amide bonds. The SMILES string of the molecule is CC[C@H](CC[C@@](C)(O)C(C)C)C1CC[C@H]2[C@@H]3CC=C4C[C@@](C)(O)CC[C@]4(C)[C@H]3CC[C@]12C. The summed E-state index contributed by atoms with van der Waals surface area (Å²) in [5, 5.41) is 21.6. The summed E-state index contributed by atoms with van der Waals surface area (Å²) in [5.41, 5.74) is 1.35. The van der Waals surface area contributed by atoms with Gasteiger partial charge in [0.2, 0.25) is 0 Å². The second-order valence-electron chi connectivity index (χ2n) is 13.9. The molecule has 2 N–H and O–H groups in total. The molecule has 1 unspecified atom stereocenters. The summed E-state index contributed by atoms with van der Waals surface area (Å²) in [4.78, 5) is 0. The van der Waals surface area contributed by atoms with E-state index in [-0.39, 0.29) is 0 Å². The van der Waals surface area contributed by atoms with Crippen LogP contribution in [0.3, 0.4) is 0 Å². The Morgan fingerprint density at radius 3 is 2.44 bits per heavy atom. The molecule has 32 heavy (non-hydrogen) atoms. The molecule has 0 spiro atoms. The fraction of sp³-hybridized carbons (Fsp3) is 0.933. The third-order valence-corrected chi connectivity index (χ3v) is 11.8. The minimum atomic E-state index is -0.536. The molecular weight excluding hydrogens is 392 g/mol. The van der Waals surface area contributed by atoms with Gasteiger partial charge in [-0.2, -0.15) is 0 Å². The van der Waals surface area contributed by atoms with Crippen LogP contribution in [0, 0.1) is 46.3 Å². The normalized spacial score (nSPS) is 46.6. The second-order valence-corrected chi connectivity index (χ2v) is 13.9. The highest BCUT2D eigenvalue weighted by Gasteiger charge is 2.59. The monoisotopic (exact) mass is 444 g/mol. The first-order valence-electron chi connectivity index (χ1n) is 14.0. The van der Waals surface area contributed by atoms with Crippen LogP contribution < -0.4 is 0 Å². The van der Waals surface area contributed by atoms with Crippen LogP contribution in [0.4, 0.5) is 0 Å². The number of aliphatic hydroxyl groups is 2. The van der Waals surface area contributed by atoms with E-state index in [1.807, 2.05) is 13.8 Å². The predicted octanol–water partition coefficient (Wildman–Crippen LogP) is 7.53. The van der Waals surface area contributed by atoms with E-state index in [4.69, 9.17) is 0 Å². The van der Waals surface area contributed by atoms with Crippen molar-refractivity contribution in [1.29, 1.82) is 0 Å². The van der Waals surface area contributed by atoms with Gasteiger partial charge in [-0.05, 0) is 124 Å². The molecule has 0 radical (unpaired) electrons. The molecule has 0 bridgehead atoms. The van der Waals surface area contributed by atoms with E-state index in [0.29, 0.717) is 16.7 Å². The highest BCUT2D eigenvalue weighted by molar-refractivity contribution is 5.26. The van der Waals surface area contributed by atoms with Crippen molar-refractivity contribution in [2.45, 2.75) is 130 Å². The van der Waals surface area contributed by atoms with E-state index in [1.165, 1.54) is 51.4 Å². The first kappa shape index (κ1) is 24.8. The van der Waals surface area contributed by atoms with Gasteiger partial charge >= 0.3 is 0 Å². The summed E-state index contributed by atoms with van der Waals surface area (Å²) in [6.45, 7) is 16.0. The van der Waals surface area contributed by atoms with Gasteiger partial charge in [0.15, 0.2) is 0 Å². The maximum atomic E-state index is 10.9. The maximum Gasteiger partial charge on any atom is 0.0657 e. The van der Waals surface area contributed by atoms with Gasteiger partial charge in [0.1, 0.15) is 0 Å². The molecule has 0 aromatic heterocycles. The number of allylic oxidation sites excluding steroid dienone is 1. The number of hydrogen-bond acceptors (Lipinski definition) is 2. The average Bonchev–Trinajstić information content (AvgIpc) is 3.06. The van der Waals surface area contributed by atoms with E-state index in [2.05, 4.69) is 40.7 Å². The molecule has 184 valence electrons. The molecule has 4 rings (SSSR count). The molecule has 3 fully saturated rings. The lowest BCUT2D eigenvalue weighted by Gasteiger charge is -2.59. The largest absolute Gasteiger partial charge is 0.390 e. The van der Waals surface area contributed by atoms with Gasteiger partial charge in [0.25, 0.3) is 0 Å². The van der Waals surface area contributed by atoms with Gasteiger partial charge in [-0.15, -0.1) is 0 Å². The molecule has 0 aromatic rings. The molecule has 3 saturated carbocycles. The van der Waals surface area contributed by atoms with Gasteiger partial charge < -0.3 is 10.2 Å². The van der Waals surface area contributed by atoms with Gasteiger partial charge in [-0.25, -0.2) is 0 Å². The summed E-state index contributed by atoms with van der Waals surface area (Å²) < 4.78 is 0. The Labute approximate surface area is 198 Å². The lowest BCUT2D eigenvalue weighted by atomic mass is 9.46. The first-order chi connectivity index (χ1) is 14.8. The number of hydrogen-bond donors (Lipinski definition) is 2. The van der Waals surface area contributed by atoms with Crippen molar-refractivity contribution in [2.75, 3.05) is 0 Å². The highest BCUT2D eigenvalue weighted by atomic mass is 16.3. The maximum absolute atomic E-state index is 10.9. The van der Waals surface area contributed by atoms with Gasteiger partial charge in [-0.1, -0.05) is 52.7 Å². The van der Waals surface area contributed by atoms with Crippen molar-refractivity contribution in [3.05, 3.63) is 11.6 Å². The van der Waals surface area contributed by atoms with E-state index in [1.54, 1.807) is 5.57 Å². The minimum absolute atomic E-state index is 0.322. The Bertz CT molecular complexity index is 718. The molecule has 2 nitrogen and oxygen atoms in total. The third-order valence-electron chi connectivity index (χ3n) is 11.8. The Hall–Kier alpha value is -0.340. The van der Waals surface area contributed by atoms with Crippen LogP contribution in [0.15, 0.2) is 11.6 Å². The Kier molecular flexibility index (Phi) is 6.50. The summed E-state index contributed by atoms with van der Waals surface area (Å²) in [6, 6.07) is 0. The minimum Gasteiger partial charge on any atom is -0.390 e. The van der Waals surface area contributed by atoms with Crippen LogP contribution in [-0.4, -0.2) is 21.4 Å². The standard InChI is InChI=1S/C30H52O2/c1-8-21(13-16-30(7,32)20(2)3)24-11-12-25-23-10-9-22-19-27(4,31)17-18-28(22,5)26(23)14-15-29(24,25)6/h9,20-21,23-26,31-32H,8,10-19H2,1-7H3/t21-,23+,24?,25+,26+,27+,28+,29-,30-/m1/s1. The van der Waals surface area contributed by atoms with Crippen molar-refractivity contribution in [3.63, 3.8) is 0 Å². The van der Waals surface area contributed by atoms with Crippen LogP contribution in [0.1, 0.15) is 119 Å². The molecule has 0 aromatic carbocycles. The predicted molar refractivity (Wildman–Crippen MR) is 134 cm³/mol. The molecule has 0 saturated heterocycles. The van der Waals surface area contributed by atoms with Crippen molar-refractivity contribution in [1.82, 2.24) is 0 Å². The summed E-state index contributed by atoms with van der Waals surface area (Å²) in [5.74, 6) is 4.42. The van der Waals surface area contributed by atoms with Crippen LogP contribution in [0.2, 0.25) is 0 Å². The average molecular weight is 445 g/mol. The second kappa shape index (κ2) is 8.40. The Balaban J connectivity index is 1.52. The lowest BCUT2D eigenvalue weighted by Crippen LogP contribution is -2.52. The van der Waals surface area contributed by atoms with Crippen molar-refractivity contribution >= 4 is 0 Å².